The van der Waals surface area contributed by atoms with E-state index in [1.807, 2.05) is 13.8 Å². The second-order valence-electron chi connectivity index (χ2n) is 4.29. The number of carbonyl (C=O) groups excluding carboxylic acids is 1. The van der Waals surface area contributed by atoms with Crippen LogP contribution in [0, 0.1) is 11.2 Å². The molecule has 2 rings (SSSR count). The molecule has 1 aromatic rings. The minimum atomic E-state index is -0.390. The maximum Gasteiger partial charge on any atom is 0.170 e. The standard InChI is InChI=1S/C11H10BrFO/c1-11(2)5-6-3-4-7(13)9(12)8(6)10(11)14/h3-4H,5H2,1-2H3. The van der Waals surface area contributed by atoms with Gasteiger partial charge < -0.3 is 0 Å². The third-order valence-electron chi connectivity index (χ3n) is 2.66. The second-order valence-corrected chi connectivity index (χ2v) is 5.08. The zero-order valence-electron chi connectivity index (χ0n) is 8.03. The van der Waals surface area contributed by atoms with Gasteiger partial charge in [0.15, 0.2) is 5.78 Å². The maximum atomic E-state index is 13.2. The summed E-state index contributed by atoms with van der Waals surface area (Å²) in [6.45, 7) is 3.78. The second kappa shape index (κ2) is 2.89. The van der Waals surface area contributed by atoms with Crippen LogP contribution in [0.5, 0.6) is 0 Å². The predicted molar refractivity (Wildman–Crippen MR) is 55.9 cm³/mol. The van der Waals surface area contributed by atoms with Crippen LogP contribution in [0.15, 0.2) is 16.6 Å². The first-order valence-electron chi connectivity index (χ1n) is 4.45. The molecule has 3 heteroatoms. The summed E-state index contributed by atoms with van der Waals surface area (Å²) in [5.41, 5.74) is 1.07. The highest BCUT2D eigenvalue weighted by atomic mass is 79.9. The fourth-order valence-corrected chi connectivity index (χ4v) is 2.45. The molecular weight excluding hydrogens is 247 g/mol. The van der Waals surface area contributed by atoms with Crippen LogP contribution in [0.3, 0.4) is 0 Å². The molecule has 0 saturated heterocycles. The van der Waals surface area contributed by atoms with Crippen molar-refractivity contribution in [3.8, 4) is 0 Å². The van der Waals surface area contributed by atoms with E-state index >= 15 is 0 Å². The van der Waals surface area contributed by atoms with Crippen LogP contribution in [0.1, 0.15) is 29.8 Å². The van der Waals surface area contributed by atoms with Crippen LogP contribution in [0.2, 0.25) is 0 Å². The summed E-state index contributed by atoms with van der Waals surface area (Å²) in [5, 5.41) is 0. The molecule has 74 valence electrons. The molecule has 0 fully saturated rings. The van der Waals surface area contributed by atoms with Crippen molar-refractivity contribution < 1.29 is 9.18 Å². The van der Waals surface area contributed by atoms with Gasteiger partial charge in [-0.05, 0) is 34.0 Å². The number of ketones is 1. The third-order valence-corrected chi connectivity index (χ3v) is 3.43. The molecule has 0 N–H and O–H groups in total. The van der Waals surface area contributed by atoms with Crippen molar-refractivity contribution in [2.45, 2.75) is 20.3 Å². The minimum absolute atomic E-state index is 0.0267. The largest absolute Gasteiger partial charge is 0.294 e. The number of hydrogen-bond acceptors (Lipinski definition) is 1. The lowest BCUT2D eigenvalue weighted by molar-refractivity contribution is 0.0862. The van der Waals surface area contributed by atoms with Gasteiger partial charge in [-0.3, -0.25) is 4.79 Å². The quantitative estimate of drug-likeness (QED) is 0.696. The average Bonchev–Trinajstić information content (AvgIpc) is 2.32. The Hall–Kier alpha value is -0.700. The van der Waals surface area contributed by atoms with Gasteiger partial charge in [-0.2, -0.15) is 0 Å². The number of hydrogen-bond donors (Lipinski definition) is 0. The Kier molecular flexibility index (Phi) is 2.03. The highest BCUT2D eigenvalue weighted by Gasteiger charge is 2.39. The van der Waals surface area contributed by atoms with Crippen molar-refractivity contribution in [1.29, 1.82) is 0 Å². The molecule has 0 saturated carbocycles. The van der Waals surface area contributed by atoms with Gasteiger partial charge >= 0.3 is 0 Å². The van der Waals surface area contributed by atoms with Gasteiger partial charge in [-0.15, -0.1) is 0 Å². The lowest BCUT2D eigenvalue weighted by Crippen LogP contribution is -2.19. The van der Waals surface area contributed by atoms with E-state index < -0.39 is 5.41 Å². The first-order valence-corrected chi connectivity index (χ1v) is 5.24. The molecule has 0 bridgehead atoms. The molecule has 0 heterocycles. The first-order chi connectivity index (χ1) is 6.43. The fraction of sp³-hybridized carbons (Fsp3) is 0.364. The first kappa shape index (κ1) is 9.84. The summed E-state index contributed by atoms with van der Waals surface area (Å²) in [7, 11) is 0. The monoisotopic (exact) mass is 256 g/mol. The number of rotatable bonds is 0. The molecule has 0 radical (unpaired) electrons. The molecular formula is C11H10BrFO. The van der Waals surface area contributed by atoms with Crippen LogP contribution in [-0.2, 0) is 6.42 Å². The molecule has 0 aromatic heterocycles. The minimum Gasteiger partial charge on any atom is -0.294 e. The molecule has 0 atom stereocenters. The summed E-state index contributed by atoms with van der Waals surface area (Å²) in [5.74, 6) is -0.339. The lowest BCUT2D eigenvalue weighted by Gasteiger charge is -2.13. The topological polar surface area (TPSA) is 17.1 Å². The Labute approximate surface area is 90.4 Å². The molecule has 1 nitrogen and oxygen atoms in total. The fourth-order valence-electron chi connectivity index (χ4n) is 1.88. The van der Waals surface area contributed by atoms with Gasteiger partial charge in [0.1, 0.15) is 5.82 Å². The highest BCUT2D eigenvalue weighted by Crippen LogP contribution is 2.40. The van der Waals surface area contributed by atoms with E-state index in [0.717, 1.165) is 5.56 Å². The molecule has 14 heavy (non-hydrogen) atoms. The zero-order valence-corrected chi connectivity index (χ0v) is 9.61. The number of Topliss-reactive ketones (excluding diaryl/α,β-unsaturated/α-hetero) is 1. The van der Waals surface area contributed by atoms with E-state index in [4.69, 9.17) is 0 Å². The van der Waals surface area contributed by atoms with E-state index in [-0.39, 0.29) is 11.6 Å². The zero-order chi connectivity index (χ0) is 10.5. The van der Waals surface area contributed by atoms with Gasteiger partial charge in [0.2, 0.25) is 0 Å². The number of halogens is 2. The van der Waals surface area contributed by atoms with Gasteiger partial charge in [-0.25, -0.2) is 4.39 Å². The van der Waals surface area contributed by atoms with Crippen molar-refractivity contribution in [1.82, 2.24) is 0 Å². The van der Waals surface area contributed by atoms with E-state index in [9.17, 15) is 9.18 Å². The maximum absolute atomic E-state index is 13.2. The van der Waals surface area contributed by atoms with Crippen LogP contribution in [-0.4, -0.2) is 5.78 Å². The van der Waals surface area contributed by atoms with Gasteiger partial charge in [-0.1, -0.05) is 19.9 Å². The Morgan fingerprint density at radius 1 is 1.43 bits per heavy atom. The lowest BCUT2D eigenvalue weighted by atomic mass is 9.89. The van der Waals surface area contributed by atoms with Crippen LogP contribution in [0.4, 0.5) is 4.39 Å². The van der Waals surface area contributed by atoms with Crippen LogP contribution < -0.4 is 0 Å². The summed E-state index contributed by atoms with van der Waals surface area (Å²) in [4.78, 5) is 11.9. The molecule has 0 aliphatic heterocycles. The van der Waals surface area contributed by atoms with Crippen LogP contribution in [0.25, 0.3) is 0 Å². The van der Waals surface area contributed by atoms with E-state index in [0.29, 0.717) is 16.5 Å². The van der Waals surface area contributed by atoms with Gasteiger partial charge in [0.25, 0.3) is 0 Å². The van der Waals surface area contributed by atoms with Crippen molar-refractivity contribution in [3.05, 3.63) is 33.5 Å². The summed E-state index contributed by atoms with van der Waals surface area (Å²) in [6, 6.07) is 3.10. The summed E-state index contributed by atoms with van der Waals surface area (Å²) >= 11 is 3.13. The van der Waals surface area contributed by atoms with E-state index in [1.165, 1.54) is 6.07 Å². The summed E-state index contributed by atoms with van der Waals surface area (Å²) in [6.07, 6.45) is 0.694. The molecule has 0 spiro atoms. The molecule has 0 unspecified atom stereocenters. The van der Waals surface area contributed by atoms with Crippen molar-refractivity contribution >= 4 is 21.7 Å². The molecule has 1 aliphatic rings. The number of benzene rings is 1. The highest BCUT2D eigenvalue weighted by molar-refractivity contribution is 9.10. The Bertz CT molecular complexity index is 424. The normalized spacial score (nSPS) is 18.4. The predicted octanol–water partition coefficient (Wildman–Crippen LogP) is 3.35. The Morgan fingerprint density at radius 3 is 2.71 bits per heavy atom. The number of carbonyl (C=O) groups is 1. The average molecular weight is 257 g/mol. The van der Waals surface area contributed by atoms with Crippen molar-refractivity contribution in [3.63, 3.8) is 0 Å². The van der Waals surface area contributed by atoms with Crippen molar-refractivity contribution in [2.75, 3.05) is 0 Å². The molecule has 1 aliphatic carbocycles. The van der Waals surface area contributed by atoms with Crippen molar-refractivity contribution in [2.24, 2.45) is 5.41 Å². The summed E-state index contributed by atoms with van der Waals surface area (Å²) < 4.78 is 13.5. The smallest absolute Gasteiger partial charge is 0.170 e. The van der Waals surface area contributed by atoms with Gasteiger partial charge in [0.05, 0.1) is 4.47 Å². The molecule has 0 amide bonds. The van der Waals surface area contributed by atoms with E-state index in [2.05, 4.69) is 15.9 Å². The number of fused-ring (bicyclic) bond motifs is 1. The van der Waals surface area contributed by atoms with Gasteiger partial charge in [0, 0.05) is 11.0 Å². The van der Waals surface area contributed by atoms with E-state index in [1.54, 1.807) is 6.07 Å². The SMILES string of the molecule is CC1(C)Cc2ccc(F)c(Br)c2C1=O. The third kappa shape index (κ3) is 1.22. The Balaban J connectivity index is 2.67. The Morgan fingerprint density at radius 2 is 2.07 bits per heavy atom. The molecule has 1 aromatic carbocycles. The van der Waals surface area contributed by atoms with Crippen LogP contribution >= 0.6 is 15.9 Å².